The number of carbonyl (C=O) groups is 1. The Morgan fingerprint density at radius 1 is 1.50 bits per heavy atom. The number of amides is 1. The molecule has 1 aromatic heterocycles. The molecule has 0 spiro atoms. The number of benzene rings is 1. The van der Waals surface area contributed by atoms with E-state index < -0.39 is 5.82 Å². The van der Waals surface area contributed by atoms with E-state index in [-0.39, 0.29) is 24.6 Å². The molecule has 2 aromatic rings. The minimum Gasteiger partial charge on any atom is -0.324 e. The summed E-state index contributed by atoms with van der Waals surface area (Å²) < 4.78 is 15.0. The Bertz CT molecular complexity index is 657. The first-order valence-corrected chi connectivity index (χ1v) is 5.81. The second-order valence-electron chi connectivity index (χ2n) is 3.85. The predicted octanol–water partition coefficient (Wildman–Crippen LogP) is 0.366. The van der Waals surface area contributed by atoms with Gasteiger partial charge in [-0.3, -0.25) is 4.79 Å². The fraction of sp³-hybridized carbons (Fsp3) is 0.154. The SMILES string of the molecule is NCC#Cc1ccc(NC(=O)Cn2ccnn2)cc1F. The predicted molar refractivity (Wildman–Crippen MR) is 71.0 cm³/mol. The summed E-state index contributed by atoms with van der Waals surface area (Å²) in [5.41, 5.74) is 5.81. The highest BCUT2D eigenvalue weighted by molar-refractivity contribution is 5.90. The van der Waals surface area contributed by atoms with Crippen LogP contribution < -0.4 is 11.1 Å². The average Bonchev–Trinajstić information content (AvgIpc) is 2.90. The molecular formula is C13H12FN5O. The van der Waals surface area contributed by atoms with Gasteiger partial charge in [0.25, 0.3) is 0 Å². The monoisotopic (exact) mass is 273 g/mol. The van der Waals surface area contributed by atoms with Gasteiger partial charge < -0.3 is 11.1 Å². The van der Waals surface area contributed by atoms with Crippen LogP contribution in [0.3, 0.4) is 0 Å². The van der Waals surface area contributed by atoms with E-state index in [1.54, 1.807) is 12.3 Å². The minimum atomic E-state index is -0.510. The van der Waals surface area contributed by atoms with E-state index in [1.165, 1.54) is 23.0 Å². The summed E-state index contributed by atoms with van der Waals surface area (Å²) in [6.07, 6.45) is 3.03. The first-order valence-electron chi connectivity index (χ1n) is 5.81. The van der Waals surface area contributed by atoms with Crippen LogP contribution in [0.2, 0.25) is 0 Å². The van der Waals surface area contributed by atoms with E-state index in [2.05, 4.69) is 27.5 Å². The maximum Gasteiger partial charge on any atom is 0.246 e. The quantitative estimate of drug-likeness (QED) is 0.791. The number of anilines is 1. The van der Waals surface area contributed by atoms with Crippen LogP contribution >= 0.6 is 0 Å². The summed E-state index contributed by atoms with van der Waals surface area (Å²) in [5, 5.41) is 9.81. The van der Waals surface area contributed by atoms with Crippen LogP contribution in [0.5, 0.6) is 0 Å². The number of carbonyl (C=O) groups excluding carboxylic acids is 1. The number of nitrogens with zero attached hydrogens (tertiary/aromatic N) is 3. The highest BCUT2D eigenvalue weighted by atomic mass is 19.1. The lowest BCUT2D eigenvalue weighted by atomic mass is 10.2. The third-order valence-corrected chi connectivity index (χ3v) is 2.36. The molecule has 1 aromatic carbocycles. The fourth-order valence-corrected chi connectivity index (χ4v) is 1.51. The van der Waals surface area contributed by atoms with E-state index in [0.717, 1.165) is 0 Å². The molecule has 20 heavy (non-hydrogen) atoms. The molecule has 0 unspecified atom stereocenters. The smallest absolute Gasteiger partial charge is 0.246 e. The molecule has 6 nitrogen and oxygen atoms in total. The number of hydrogen-bond donors (Lipinski definition) is 2. The highest BCUT2D eigenvalue weighted by Gasteiger charge is 2.06. The second kappa shape index (κ2) is 6.45. The molecule has 0 bridgehead atoms. The third-order valence-electron chi connectivity index (χ3n) is 2.36. The van der Waals surface area contributed by atoms with Gasteiger partial charge in [-0.1, -0.05) is 17.1 Å². The molecule has 0 atom stereocenters. The van der Waals surface area contributed by atoms with Crippen molar-refractivity contribution >= 4 is 11.6 Å². The van der Waals surface area contributed by atoms with Crippen LogP contribution in [0.25, 0.3) is 0 Å². The lowest BCUT2D eigenvalue weighted by molar-refractivity contribution is -0.116. The van der Waals surface area contributed by atoms with Gasteiger partial charge in [0.05, 0.1) is 18.3 Å². The Hall–Kier alpha value is -2.72. The van der Waals surface area contributed by atoms with Gasteiger partial charge in [0.2, 0.25) is 5.91 Å². The lowest BCUT2D eigenvalue weighted by Gasteiger charge is -2.05. The standard InChI is InChI=1S/C13H12FN5O/c14-12-8-11(4-3-10(12)2-1-5-15)17-13(20)9-19-7-6-16-18-19/h3-4,6-8H,5,9,15H2,(H,17,20). The molecular weight excluding hydrogens is 261 g/mol. The van der Waals surface area contributed by atoms with E-state index in [4.69, 9.17) is 5.73 Å². The van der Waals surface area contributed by atoms with Crippen molar-refractivity contribution in [3.8, 4) is 11.8 Å². The lowest BCUT2D eigenvalue weighted by Crippen LogP contribution is -2.19. The largest absolute Gasteiger partial charge is 0.324 e. The highest BCUT2D eigenvalue weighted by Crippen LogP contribution is 2.13. The Morgan fingerprint density at radius 2 is 2.35 bits per heavy atom. The van der Waals surface area contributed by atoms with Crippen LogP contribution in [0.4, 0.5) is 10.1 Å². The number of hydrogen-bond acceptors (Lipinski definition) is 4. The fourth-order valence-electron chi connectivity index (χ4n) is 1.51. The molecule has 0 saturated carbocycles. The van der Waals surface area contributed by atoms with E-state index >= 15 is 0 Å². The Balaban J connectivity index is 2.03. The number of rotatable bonds is 3. The molecule has 0 radical (unpaired) electrons. The normalized spacial score (nSPS) is 9.70. The summed E-state index contributed by atoms with van der Waals surface area (Å²) in [5.74, 6) is 4.34. The van der Waals surface area contributed by atoms with Crippen molar-refractivity contribution in [3.05, 3.63) is 42.0 Å². The Morgan fingerprint density at radius 3 is 3.00 bits per heavy atom. The zero-order chi connectivity index (χ0) is 14.4. The number of nitrogens with one attached hydrogen (secondary N) is 1. The average molecular weight is 273 g/mol. The van der Waals surface area contributed by atoms with Crippen molar-refractivity contribution in [2.45, 2.75) is 6.54 Å². The van der Waals surface area contributed by atoms with Crippen LogP contribution in [-0.2, 0) is 11.3 Å². The van der Waals surface area contributed by atoms with Gasteiger partial charge >= 0.3 is 0 Å². The molecule has 7 heteroatoms. The van der Waals surface area contributed by atoms with Crippen molar-refractivity contribution in [3.63, 3.8) is 0 Å². The van der Waals surface area contributed by atoms with Gasteiger partial charge in [-0.25, -0.2) is 9.07 Å². The maximum absolute atomic E-state index is 13.7. The third kappa shape index (κ3) is 3.63. The minimum absolute atomic E-state index is 0.0103. The Labute approximate surface area is 114 Å². The van der Waals surface area contributed by atoms with Crippen LogP contribution in [-0.4, -0.2) is 27.4 Å². The van der Waals surface area contributed by atoms with Gasteiger partial charge in [-0.2, -0.15) is 0 Å². The van der Waals surface area contributed by atoms with Crippen molar-refractivity contribution in [1.82, 2.24) is 15.0 Å². The zero-order valence-electron chi connectivity index (χ0n) is 10.5. The molecule has 2 rings (SSSR count). The molecule has 0 fully saturated rings. The number of nitrogens with two attached hydrogens (primary N) is 1. The molecule has 0 aliphatic rings. The molecule has 102 valence electrons. The first-order chi connectivity index (χ1) is 9.69. The summed E-state index contributed by atoms with van der Waals surface area (Å²) in [6, 6.07) is 4.27. The zero-order valence-corrected chi connectivity index (χ0v) is 10.5. The summed E-state index contributed by atoms with van der Waals surface area (Å²) in [4.78, 5) is 11.7. The Kier molecular flexibility index (Phi) is 4.42. The van der Waals surface area contributed by atoms with E-state index in [0.29, 0.717) is 5.69 Å². The molecule has 0 aliphatic carbocycles. The number of aromatic nitrogens is 3. The van der Waals surface area contributed by atoms with Gasteiger partial charge in [0.15, 0.2) is 0 Å². The van der Waals surface area contributed by atoms with Gasteiger partial charge in [-0.15, -0.1) is 5.10 Å². The van der Waals surface area contributed by atoms with E-state index in [1.807, 2.05) is 0 Å². The molecule has 0 aliphatic heterocycles. The topological polar surface area (TPSA) is 85.8 Å². The van der Waals surface area contributed by atoms with Crippen molar-refractivity contribution in [1.29, 1.82) is 0 Å². The first kappa shape index (κ1) is 13.7. The maximum atomic E-state index is 13.7. The summed E-state index contributed by atoms with van der Waals surface area (Å²) >= 11 is 0. The second-order valence-corrected chi connectivity index (χ2v) is 3.85. The molecule has 1 heterocycles. The molecule has 0 saturated heterocycles. The number of halogens is 1. The van der Waals surface area contributed by atoms with Crippen LogP contribution in [0.1, 0.15) is 5.56 Å². The summed E-state index contributed by atoms with van der Waals surface area (Å²) in [6.45, 7) is 0.173. The van der Waals surface area contributed by atoms with Gasteiger partial charge in [0, 0.05) is 11.9 Å². The molecule has 3 N–H and O–H groups in total. The molecule has 1 amide bonds. The van der Waals surface area contributed by atoms with Crippen LogP contribution in [0, 0.1) is 17.7 Å². The van der Waals surface area contributed by atoms with Crippen molar-refractivity contribution in [2.75, 3.05) is 11.9 Å². The summed E-state index contributed by atoms with van der Waals surface area (Å²) in [7, 11) is 0. The van der Waals surface area contributed by atoms with Crippen LogP contribution in [0.15, 0.2) is 30.6 Å². The van der Waals surface area contributed by atoms with Crippen molar-refractivity contribution < 1.29 is 9.18 Å². The van der Waals surface area contributed by atoms with Gasteiger partial charge in [0.1, 0.15) is 12.4 Å². The van der Waals surface area contributed by atoms with E-state index in [9.17, 15) is 9.18 Å². The van der Waals surface area contributed by atoms with Crippen molar-refractivity contribution in [2.24, 2.45) is 5.73 Å². The van der Waals surface area contributed by atoms with Gasteiger partial charge in [-0.05, 0) is 18.2 Å².